The van der Waals surface area contributed by atoms with Crippen molar-refractivity contribution < 1.29 is 9.59 Å². The molecule has 8 nitrogen and oxygen atoms in total. The maximum absolute atomic E-state index is 13.0. The van der Waals surface area contributed by atoms with E-state index in [0.717, 1.165) is 9.13 Å². The van der Waals surface area contributed by atoms with Gasteiger partial charge in [-0.1, -0.05) is 0 Å². The summed E-state index contributed by atoms with van der Waals surface area (Å²) in [6.45, 7) is 0. The molecule has 0 aliphatic carbocycles. The van der Waals surface area contributed by atoms with Crippen molar-refractivity contribution in [2.45, 2.75) is 0 Å². The van der Waals surface area contributed by atoms with E-state index in [-0.39, 0.29) is 44.0 Å². The smallest absolute Gasteiger partial charge is 0.266 e. The minimum absolute atomic E-state index is 0.0210. The van der Waals surface area contributed by atoms with Crippen LogP contribution in [0.4, 0.5) is 0 Å². The lowest BCUT2D eigenvalue weighted by atomic mass is 10.1. The van der Waals surface area contributed by atoms with Crippen LogP contribution in [0.25, 0.3) is 32.9 Å². The van der Waals surface area contributed by atoms with E-state index in [9.17, 15) is 28.8 Å². The Bertz CT molecular complexity index is 1660. The Kier molecular flexibility index (Phi) is 4.93. The monoisotopic (exact) mass is 492 g/mol. The summed E-state index contributed by atoms with van der Waals surface area (Å²) in [6.07, 6.45) is 0. The number of rotatable bonds is 4. The second kappa shape index (κ2) is 7.72. The van der Waals surface area contributed by atoms with Gasteiger partial charge in [0, 0.05) is 11.1 Å². The summed E-state index contributed by atoms with van der Waals surface area (Å²) < 4.78 is 1.80. The van der Waals surface area contributed by atoms with Crippen molar-refractivity contribution in [2.24, 2.45) is 0 Å². The second-order valence-corrected chi connectivity index (χ2v) is 8.16. The van der Waals surface area contributed by atoms with Crippen LogP contribution in [0.2, 0.25) is 0 Å². The summed E-state index contributed by atoms with van der Waals surface area (Å²) in [5.74, 6) is 0. The third kappa shape index (κ3) is 3.15. The van der Waals surface area contributed by atoms with E-state index in [1.165, 1.54) is 60.7 Å². The van der Waals surface area contributed by atoms with Gasteiger partial charge in [-0.2, -0.15) is 0 Å². The van der Waals surface area contributed by atoms with E-state index in [2.05, 4.69) is 0 Å². The van der Waals surface area contributed by atoms with E-state index in [4.69, 9.17) is 23.2 Å². The molecule has 34 heavy (non-hydrogen) atoms. The first-order chi connectivity index (χ1) is 16.2. The first-order valence-corrected chi connectivity index (χ1v) is 10.5. The summed E-state index contributed by atoms with van der Waals surface area (Å²) in [6, 6.07) is 13.6. The molecule has 5 rings (SSSR count). The van der Waals surface area contributed by atoms with Crippen molar-refractivity contribution >= 4 is 55.2 Å². The fraction of sp³-hybridized carbons (Fsp3) is 0. The number of hydrogen-bond donors (Lipinski definition) is 0. The molecule has 0 aliphatic rings. The van der Waals surface area contributed by atoms with Gasteiger partial charge < -0.3 is 0 Å². The number of nitrogens with zero attached hydrogens (tertiary/aromatic N) is 2. The van der Waals surface area contributed by atoms with Gasteiger partial charge in [0.25, 0.3) is 32.7 Å². The molecule has 5 aromatic rings. The molecular formula is C24H10Cl2N2O6. The van der Waals surface area contributed by atoms with Gasteiger partial charge in [-0.3, -0.25) is 28.8 Å². The quantitative estimate of drug-likeness (QED) is 0.356. The van der Waals surface area contributed by atoms with Crippen LogP contribution in [0.3, 0.4) is 0 Å². The number of carbonyl (C=O) groups is 2. The van der Waals surface area contributed by atoms with Crippen molar-refractivity contribution in [3.63, 3.8) is 0 Å². The van der Waals surface area contributed by atoms with E-state index < -0.39 is 32.7 Å². The highest BCUT2D eigenvalue weighted by atomic mass is 35.5. The van der Waals surface area contributed by atoms with Crippen LogP contribution >= 0.6 is 23.2 Å². The highest BCUT2D eigenvalue weighted by molar-refractivity contribution is 6.68. The molecule has 0 amide bonds. The van der Waals surface area contributed by atoms with Crippen LogP contribution in [0.5, 0.6) is 0 Å². The minimum atomic E-state index is -0.684. The summed E-state index contributed by atoms with van der Waals surface area (Å²) in [5.41, 5.74) is -1.87. The number of hydrogen-bond acceptors (Lipinski definition) is 6. The molecule has 2 aromatic heterocycles. The molecular weight excluding hydrogens is 483 g/mol. The van der Waals surface area contributed by atoms with E-state index in [1.807, 2.05) is 0 Å². The first-order valence-electron chi connectivity index (χ1n) is 9.74. The van der Waals surface area contributed by atoms with Gasteiger partial charge in [0.1, 0.15) is 0 Å². The number of aromatic nitrogens is 2. The molecule has 0 aliphatic heterocycles. The zero-order valence-electron chi connectivity index (χ0n) is 16.9. The molecule has 166 valence electrons. The number of halogens is 2. The van der Waals surface area contributed by atoms with Crippen molar-refractivity contribution in [1.29, 1.82) is 0 Å². The Hall–Kier alpha value is -4.14. The molecule has 0 spiro atoms. The Morgan fingerprint density at radius 1 is 0.500 bits per heavy atom. The lowest BCUT2D eigenvalue weighted by Crippen LogP contribution is -2.24. The number of benzene rings is 3. The van der Waals surface area contributed by atoms with Crippen LogP contribution < -0.4 is 22.2 Å². The van der Waals surface area contributed by atoms with E-state index in [0.29, 0.717) is 0 Å². The van der Waals surface area contributed by atoms with Gasteiger partial charge in [-0.05, 0) is 83.9 Å². The molecule has 10 heteroatoms. The number of carbonyl (C=O) groups excluding carboxylic acids is 2. The number of fused-ring (bicyclic) bond motifs is 2. The first kappa shape index (κ1) is 21.7. The van der Waals surface area contributed by atoms with Crippen LogP contribution in [-0.2, 0) is 0 Å². The lowest BCUT2D eigenvalue weighted by Gasteiger charge is -2.01. The van der Waals surface area contributed by atoms with Crippen LogP contribution in [-0.4, -0.2) is 19.6 Å². The summed E-state index contributed by atoms with van der Waals surface area (Å²) in [7, 11) is 0. The predicted molar refractivity (Wildman–Crippen MR) is 128 cm³/mol. The standard InChI is InChI=1S/C24H10Cl2N2O6/c25-19(29)11-1-5-13(6-2-11)27-21(31)15-9-17-18(10-16(15)22(27)32)24(34)28(23(17)33)14-7-3-12(4-8-14)20(26)30/h1-10H. The molecule has 0 radical (unpaired) electrons. The topological polar surface area (TPSA) is 112 Å². The van der Waals surface area contributed by atoms with Crippen LogP contribution in [0.1, 0.15) is 20.7 Å². The summed E-state index contributed by atoms with van der Waals surface area (Å²) >= 11 is 10.9. The van der Waals surface area contributed by atoms with E-state index >= 15 is 0 Å². The zero-order chi connectivity index (χ0) is 24.3. The van der Waals surface area contributed by atoms with Crippen molar-refractivity contribution in [1.82, 2.24) is 9.13 Å². The predicted octanol–water partition coefficient (Wildman–Crippen LogP) is 2.65. The van der Waals surface area contributed by atoms with Gasteiger partial charge in [0.05, 0.1) is 32.9 Å². The molecule has 0 saturated carbocycles. The lowest BCUT2D eigenvalue weighted by molar-refractivity contribution is 0.107. The molecule has 0 unspecified atom stereocenters. The SMILES string of the molecule is O=C(Cl)c1ccc(-n2c(=O)c3cc4c(=O)n(-c5ccc(C(=O)Cl)cc5)c(=O)c4cc3c2=O)cc1. The maximum atomic E-state index is 13.0. The summed E-state index contributed by atoms with van der Waals surface area (Å²) in [5, 5.41) is -1.45. The van der Waals surface area contributed by atoms with Crippen LogP contribution in [0.15, 0.2) is 79.8 Å². The third-order valence-electron chi connectivity index (χ3n) is 5.60. The van der Waals surface area contributed by atoms with Gasteiger partial charge >= 0.3 is 0 Å². The van der Waals surface area contributed by atoms with Crippen LogP contribution in [0, 0.1) is 0 Å². The Balaban J connectivity index is 1.73. The molecule has 0 fully saturated rings. The Labute approximate surface area is 198 Å². The fourth-order valence-electron chi connectivity index (χ4n) is 3.93. The van der Waals surface area contributed by atoms with E-state index in [1.54, 1.807) is 0 Å². The average molecular weight is 493 g/mol. The Morgan fingerprint density at radius 3 is 1.00 bits per heavy atom. The normalized spacial score (nSPS) is 11.4. The highest BCUT2D eigenvalue weighted by Crippen LogP contribution is 2.18. The average Bonchev–Trinajstić information content (AvgIpc) is 3.22. The van der Waals surface area contributed by atoms with Gasteiger partial charge in [0.15, 0.2) is 0 Å². The zero-order valence-corrected chi connectivity index (χ0v) is 18.4. The van der Waals surface area contributed by atoms with Gasteiger partial charge in [-0.15, -0.1) is 0 Å². The molecule has 2 heterocycles. The molecule has 3 aromatic carbocycles. The van der Waals surface area contributed by atoms with Gasteiger partial charge in [0.2, 0.25) is 0 Å². The molecule has 0 N–H and O–H groups in total. The molecule has 0 saturated heterocycles. The Morgan fingerprint density at radius 2 is 0.765 bits per heavy atom. The molecule has 0 bridgehead atoms. The van der Waals surface area contributed by atoms with Crippen molar-refractivity contribution in [3.05, 3.63) is 113 Å². The maximum Gasteiger partial charge on any atom is 0.266 e. The highest BCUT2D eigenvalue weighted by Gasteiger charge is 2.21. The second-order valence-electron chi connectivity index (χ2n) is 7.48. The van der Waals surface area contributed by atoms with Crippen molar-refractivity contribution in [2.75, 3.05) is 0 Å². The largest absolute Gasteiger partial charge is 0.276 e. The van der Waals surface area contributed by atoms with Crippen molar-refractivity contribution in [3.8, 4) is 11.4 Å². The summed E-state index contributed by atoms with van der Waals surface area (Å²) in [4.78, 5) is 74.6. The third-order valence-corrected chi connectivity index (χ3v) is 6.03. The molecule has 0 atom stereocenters. The fourth-order valence-corrected chi connectivity index (χ4v) is 4.18. The van der Waals surface area contributed by atoms with Gasteiger partial charge in [-0.25, -0.2) is 9.13 Å². The minimum Gasteiger partial charge on any atom is -0.276 e.